The van der Waals surface area contributed by atoms with Gasteiger partial charge in [-0.2, -0.15) is 0 Å². The summed E-state index contributed by atoms with van der Waals surface area (Å²) in [5, 5.41) is 2.65. The van der Waals surface area contributed by atoms with Gasteiger partial charge in [-0.3, -0.25) is 24.1 Å². The van der Waals surface area contributed by atoms with Crippen LogP contribution in [0.2, 0.25) is 0 Å². The van der Waals surface area contributed by atoms with Crippen LogP contribution in [0, 0.1) is 0 Å². The number of nitrogens with zero attached hydrogens (tertiary/aromatic N) is 1. The van der Waals surface area contributed by atoms with Crippen LogP contribution in [0.4, 0.5) is 0 Å². The van der Waals surface area contributed by atoms with Crippen molar-refractivity contribution in [2.45, 2.75) is 23.7 Å². The van der Waals surface area contributed by atoms with Gasteiger partial charge in [0.2, 0.25) is 17.7 Å². The maximum atomic E-state index is 11.7. The van der Waals surface area contributed by atoms with Crippen LogP contribution in [0.3, 0.4) is 0 Å². The Morgan fingerprint density at radius 2 is 1.96 bits per heavy atom. The molecule has 1 atom stereocenters. The van der Waals surface area contributed by atoms with Gasteiger partial charge in [0.05, 0.1) is 23.7 Å². The zero-order valence-electron chi connectivity index (χ0n) is 13.0. The van der Waals surface area contributed by atoms with Crippen LogP contribution < -0.4 is 5.32 Å². The first-order chi connectivity index (χ1) is 10.9. The molecule has 0 aromatic rings. The van der Waals surface area contributed by atoms with Crippen molar-refractivity contribution in [1.82, 2.24) is 10.2 Å². The Hall–Kier alpha value is -1.07. The van der Waals surface area contributed by atoms with Crippen molar-refractivity contribution in [2.75, 3.05) is 39.5 Å². The third-order valence-corrected chi connectivity index (χ3v) is 3.97. The molecule has 1 heterocycles. The normalized spacial score (nSPS) is 17.7. The molecule has 0 bridgehead atoms. The number of amides is 3. The molecule has 9 heteroatoms. The molecule has 1 fully saturated rings. The van der Waals surface area contributed by atoms with E-state index in [1.807, 2.05) is 22.6 Å². The summed E-state index contributed by atoms with van der Waals surface area (Å²) in [5.74, 6) is -0.728. The molecule has 1 saturated heterocycles. The summed E-state index contributed by atoms with van der Waals surface area (Å²) in [6.45, 7) is 2.96. The van der Waals surface area contributed by atoms with Gasteiger partial charge in [-0.25, -0.2) is 0 Å². The second-order valence-corrected chi connectivity index (χ2v) is 6.53. The fraction of sp³-hybridized carbons (Fsp3) is 0.714. The van der Waals surface area contributed by atoms with E-state index >= 15 is 0 Å². The van der Waals surface area contributed by atoms with Crippen molar-refractivity contribution in [3.63, 3.8) is 0 Å². The largest absolute Gasteiger partial charge is 0.377 e. The zero-order chi connectivity index (χ0) is 17.2. The number of imide groups is 1. The monoisotopic (exact) mass is 440 g/mol. The van der Waals surface area contributed by atoms with Crippen LogP contribution in [-0.2, 0) is 28.7 Å². The lowest BCUT2D eigenvalue weighted by Gasteiger charge is -2.13. The van der Waals surface area contributed by atoms with Crippen molar-refractivity contribution in [1.29, 1.82) is 0 Å². The lowest BCUT2D eigenvalue weighted by Crippen LogP contribution is -2.36. The van der Waals surface area contributed by atoms with Crippen LogP contribution in [0.25, 0.3) is 0 Å². The summed E-state index contributed by atoms with van der Waals surface area (Å²) in [6.07, 6.45) is 0.295. The first-order valence-corrected chi connectivity index (χ1v) is 8.56. The van der Waals surface area contributed by atoms with E-state index < -0.39 is 0 Å². The van der Waals surface area contributed by atoms with Crippen molar-refractivity contribution in [2.24, 2.45) is 0 Å². The van der Waals surface area contributed by atoms with Gasteiger partial charge in [0, 0.05) is 25.9 Å². The van der Waals surface area contributed by atoms with Gasteiger partial charge in [-0.15, -0.1) is 0 Å². The van der Waals surface area contributed by atoms with Gasteiger partial charge in [-0.1, -0.05) is 22.6 Å². The Morgan fingerprint density at radius 1 is 1.26 bits per heavy atom. The SMILES string of the molecule is CC(=O)COCCOCCNC(=O)CCN1C(=O)CC(I)C1=O. The molecule has 1 aliphatic rings. The van der Waals surface area contributed by atoms with Gasteiger partial charge < -0.3 is 14.8 Å². The average Bonchev–Trinajstić information content (AvgIpc) is 2.72. The number of nitrogens with one attached hydrogen (secondary N) is 1. The van der Waals surface area contributed by atoms with Crippen LogP contribution in [0.5, 0.6) is 0 Å². The molecular weight excluding hydrogens is 419 g/mol. The molecule has 130 valence electrons. The molecule has 0 aromatic carbocycles. The van der Waals surface area contributed by atoms with Gasteiger partial charge >= 0.3 is 0 Å². The highest BCUT2D eigenvalue weighted by Crippen LogP contribution is 2.20. The topological polar surface area (TPSA) is 102 Å². The second kappa shape index (κ2) is 10.7. The molecule has 0 saturated carbocycles. The highest BCUT2D eigenvalue weighted by Gasteiger charge is 2.36. The minimum atomic E-state index is -0.318. The van der Waals surface area contributed by atoms with Crippen molar-refractivity contribution in [3.05, 3.63) is 0 Å². The van der Waals surface area contributed by atoms with E-state index in [4.69, 9.17) is 9.47 Å². The fourth-order valence-corrected chi connectivity index (χ4v) is 2.59. The van der Waals surface area contributed by atoms with E-state index in [2.05, 4.69) is 5.32 Å². The Balaban J connectivity index is 2.01. The molecule has 0 spiro atoms. The van der Waals surface area contributed by atoms with E-state index in [0.29, 0.717) is 26.4 Å². The number of halogens is 1. The minimum absolute atomic E-state index is 0.0406. The highest BCUT2D eigenvalue weighted by atomic mass is 127. The number of ether oxygens (including phenoxy) is 2. The van der Waals surface area contributed by atoms with Crippen LogP contribution in [0.1, 0.15) is 19.8 Å². The molecule has 1 unspecified atom stereocenters. The number of carbonyl (C=O) groups excluding carboxylic acids is 4. The first kappa shape index (κ1) is 20.0. The number of ketones is 1. The predicted octanol–water partition coefficient (Wildman–Crippen LogP) is -0.323. The number of carbonyl (C=O) groups is 4. The predicted molar refractivity (Wildman–Crippen MR) is 89.1 cm³/mol. The van der Waals surface area contributed by atoms with E-state index in [1.165, 1.54) is 6.92 Å². The first-order valence-electron chi connectivity index (χ1n) is 7.31. The maximum absolute atomic E-state index is 11.7. The summed E-state index contributed by atoms with van der Waals surface area (Å²) in [7, 11) is 0. The van der Waals surface area contributed by atoms with Crippen LogP contribution in [-0.4, -0.2) is 71.8 Å². The van der Waals surface area contributed by atoms with Gasteiger partial charge in [0.1, 0.15) is 6.61 Å². The van der Waals surface area contributed by atoms with Crippen LogP contribution in [0.15, 0.2) is 0 Å². The summed E-state index contributed by atoms with van der Waals surface area (Å²) in [4.78, 5) is 46.6. The number of alkyl halides is 1. The third kappa shape index (κ3) is 7.84. The number of hydrogen-bond donors (Lipinski definition) is 1. The summed E-state index contributed by atoms with van der Waals surface area (Å²) in [6, 6.07) is 0. The molecule has 1 N–H and O–H groups in total. The molecule has 23 heavy (non-hydrogen) atoms. The lowest BCUT2D eigenvalue weighted by atomic mass is 10.3. The number of rotatable bonds is 11. The smallest absolute Gasteiger partial charge is 0.242 e. The fourth-order valence-electron chi connectivity index (χ4n) is 1.88. The van der Waals surface area contributed by atoms with Gasteiger partial charge in [0.15, 0.2) is 5.78 Å². The summed E-state index contributed by atoms with van der Waals surface area (Å²) >= 11 is 1.93. The lowest BCUT2D eigenvalue weighted by molar-refractivity contribution is -0.138. The molecule has 1 rings (SSSR count). The Bertz CT molecular complexity index is 457. The quantitative estimate of drug-likeness (QED) is 0.205. The maximum Gasteiger partial charge on any atom is 0.242 e. The standard InChI is InChI=1S/C14H21IN2O6/c1-10(18)9-23-7-6-22-5-3-16-12(19)2-4-17-13(20)8-11(15)14(17)21/h11H,2-9H2,1H3,(H,16,19). The minimum Gasteiger partial charge on any atom is -0.377 e. The Kier molecular flexibility index (Phi) is 9.26. The molecule has 3 amide bonds. The third-order valence-electron chi connectivity index (χ3n) is 3.00. The summed E-state index contributed by atoms with van der Waals surface area (Å²) in [5.41, 5.74) is 0. The molecule has 0 aliphatic carbocycles. The Morgan fingerprint density at radius 3 is 2.57 bits per heavy atom. The highest BCUT2D eigenvalue weighted by molar-refractivity contribution is 14.1. The number of likely N-dealkylation sites (tertiary alicyclic amines) is 1. The van der Waals surface area contributed by atoms with Gasteiger partial charge in [0.25, 0.3) is 0 Å². The molecule has 0 radical (unpaired) electrons. The van der Waals surface area contributed by atoms with E-state index in [9.17, 15) is 19.2 Å². The van der Waals surface area contributed by atoms with E-state index in [1.54, 1.807) is 0 Å². The van der Waals surface area contributed by atoms with Crippen molar-refractivity contribution in [3.8, 4) is 0 Å². The zero-order valence-corrected chi connectivity index (χ0v) is 15.2. The Labute approximate surface area is 148 Å². The number of hydrogen-bond acceptors (Lipinski definition) is 6. The van der Waals surface area contributed by atoms with Gasteiger partial charge in [-0.05, 0) is 6.92 Å². The van der Waals surface area contributed by atoms with E-state index in [-0.39, 0.29) is 53.4 Å². The van der Waals surface area contributed by atoms with Crippen molar-refractivity contribution < 1.29 is 28.7 Å². The molecular formula is C14H21IN2O6. The van der Waals surface area contributed by atoms with Crippen molar-refractivity contribution >= 4 is 46.1 Å². The number of Topliss-reactive ketones (excluding diaryl/α,β-unsaturated/α-hetero) is 1. The van der Waals surface area contributed by atoms with E-state index in [0.717, 1.165) is 4.90 Å². The molecule has 8 nitrogen and oxygen atoms in total. The molecule has 1 aliphatic heterocycles. The van der Waals surface area contributed by atoms with Crippen LogP contribution >= 0.6 is 22.6 Å². The average molecular weight is 440 g/mol. The summed E-state index contributed by atoms with van der Waals surface area (Å²) < 4.78 is 9.92. The molecule has 0 aromatic heterocycles. The second-order valence-electron chi connectivity index (χ2n) is 5.02.